The number of nitrogens with two attached hydrogens (primary N) is 1. The standard InChI is InChI=1S/C9H11FN2S/c1-6(9(11)12)13-8-4-2-7(10)3-5-8/h2-6H,1H3,(H3,11,12). The van der Waals surface area contributed by atoms with Gasteiger partial charge in [0.1, 0.15) is 11.7 Å². The Morgan fingerprint density at radius 1 is 1.46 bits per heavy atom. The molecule has 1 atom stereocenters. The Bertz CT molecular complexity index is 297. The van der Waals surface area contributed by atoms with Gasteiger partial charge in [-0.25, -0.2) is 4.39 Å². The van der Waals surface area contributed by atoms with Gasteiger partial charge in [-0.3, -0.25) is 5.41 Å². The first kappa shape index (κ1) is 10.1. The minimum atomic E-state index is -0.250. The Morgan fingerprint density at radius 2 is 2.00 bits per heavy atom. The molecule has 0 radical (unpaired) electrons. The average Bonchev–Trinajstić information content (AvgIpc) is 2.08. The largest absolute Gasteiger partial charge is 0.387 e. The summed E-state index contributed by atoms with van der Waals surface area (Å²) in [4.78, 5) is 0.920. The van der Waals surface area contributed by atoms with Crippen LogP contribution in [0.1, 0.15) is 6.92 Å². The molecule has 0 fully saturated rings. The number of nitrogens with one attached hydrogen (secondary N) is 1. The smallest absolute Gasteiger partial charge is 0.123 e. The molecule has 0 saturated heterocycles. The van der Waals surface area contributed by atoms with Crippen molar-refractivity contribution in [1.29, 1.82) is 5.41 Å². The van der Waals surface area contributed by atoms with Crippen LogP contribution in [-0.2, 0) is 0 Å². The fourth-order valence-electron chi connectivity index (χ4n) is 0.781. The van der Waals surface area contributed by atoms with Crippen LogP contribution in [0, 0.1) is 11.2 Å². The highest BCUT2D eigenvalue weighted by Gasteiger charge is 2.06. The Labute approximate surface area is 80.8 Å². The molecule has 3 N–H and O–H groups in total. The Balaban J connectivity index is 2.64. The molecule has 0 amide bonds. The number of hydrogen-bond acceptors (Lipinski definition) is 2. The van der Waals surface area contributed by atoms with Gasteiger partial charge in [-0.15, -0.1) is 11.8 Å². The Hall–Kier alpha value is -1.03. The van der Waals surface area contributed by atoms with Gasteiger partial charge in [0.15, 0.2) is 0 Å². The van der Waals surface area contributed by atoms with Gasteiger partial charge in [-0.2, -0.15) is 0 Å². The van der Waals surface area contributed by atoms with Crippen molar-refractivity contribution >= 4 is 17.6 Å². The number of thioether (sulfide) groups is 1. The number of hydrogen-bond donors (Lipinski definition) is 2. The summed E-state index contributed by atoms with van der Waals surface area (Å²) in [6, 6.07) is 6.16. The summed E-state index contributed by atoms with van der Waals surface area (Å²) in [6.07, 6.45) is 0. The fraction of sp³-hybridized carbons (Fsp3) is 0.222. The molecule has 70 valence electrons. The second-order valence-corrected chi connectivity index (χ2v) is 4.08. The summed E-state index contributed by atoms with van der Waals surface area (Å²) >= 11 is 1.44. The van der Waals surface area contributed by atoms with Gasteiger partial charge < -0.3 is 5.73 Å². The summed E-state index contributed by atoms with van der Waals surface area (Å²) in [5.41, 5.74) is 5.30. The Morgan fingerprint density at radius 3 is 2.46 bits per heavy atom. The molecule has 2 nitrogen and oxygen atoms in total. The van der Waals surface area contributed by atoms with E-state index in [1.807, 2.05) is 6.92 Å². The zero-order valence-electron chi connectivity index (χ0n) is 7.25. The van der Waals surface area contributed by atoms with E-state index >= 15 is 0 Å². The van der Waals surface area contributed by atoms with E-state index in [2.05, 4.69) is 0 Å². The van der Waals surface area contributed by atoms with Crippen molar-refractivity contribution in [2.24, 2.45) is 5.73 Å². The van der Waals surface area contributed by atoms with Crippen molar-refractivity contribution in [3.8, 4) is 0 Å². The molecule has 0 spiro atoms. The molecule has 4 heteroatoms. The predicted molar refractivity (Wildman–Crippen MR) is 53.6 cm³/mol. The van der Waals surface area contributed by atoms with E-state index in [1.165, 1.54) is 23.9 Å². The van der Waals surface area contributed by atoms with E-state index in [4.69, 9.17) is 11.1 Å². The van der Waals surface area contributed by atoms with Gasteiger partial charge in [0.05, 0.1) is 5.25 Å². The minimum Gasteiger partial charge on any atom is -0.387 e. The summed E-state index contributed by atoms with van der Waals surface area (Å²) in [5, 5.41) is 7.11. The molecular weight excluding hydrogens is 187 g/mol. The first-order valence-corrected chi connectivity index (χ1v) is 4.73. The van der Waals surface area contributed by atoms with Crippen LogP contribution < -0.4 is 5.73 Å². The lowest BCUT2D eigenvalue weighted by atomic mass is 10.3. The highest BCUT2D eigenvalue weighted by molar-refractivity contribution is 8.00. The second kappa shape index (κ2) is 4.28. The second-order valence-electron chi connectivity index (χ2n) is 2.67. The first-order valence-electron chi connectivity index (χ1n) is 3.85. The van der Waals surface area contributed by atoms with Crippen LogP contribution in [0.4, 0.5) is 4.39 Å². The number of halogens is 1. The van der Waals surface area contributed by atoms with E-state index in [0.717, 1.165) is 4.90 Å². The van der Waals surface area contributed by atoms with Crippen LogP contribution in [0.5, 0.6) is 0 Å². The molecule has 1 aromatic rings. The van der Waals surface area contributed by atoms with Crippen LogP contribution in [0.25, 0.3) is 0 Å². The highest BCUT2D eigenvalue weighted by Crippen LogP contribution is 2.22. The van der Waals surface area contributed by atoms with E-state index < -0.39 is 0 Å². The molecule has 0 bridgehead atoms. The van der Waals surface area contributed by atoms with Crippen molar-refractivity contribution in [2.75, 3.05) is 0 Å². The summed E-state index contributed by atoms with van der Waals surface area (Å²) in [7, 11) is 0. The molecule has 0 aliphatic heterocycles. The van der Waals surface area contributed by atoms with Crippen LogP contribution in [-0.4, -0.2) is 11.1 Å². The zero-order valence-corrected chi connectivity index (χ0v) is 8.07. The molecule has 1 unspecified atom stereocenters. The topological polar surface area (TPSA) is 49.9 Å². The van der Waals surface area contributed by atoms with Crippen molar-refractivity contribution in [1.82, 2.24) is 0 Å². The van der Waals surface area contributed by atoms with Gasteiger partial charge in [-0.1, -0.05) is 0 Å². The molecule has 0 aliphatic carbocycles. The summed E-state index contributed by atoms with van der Waals surface area (Å²) < 4.78 is 12.5. The lowest BCUT2D eigenvalue weighted by Gasteiger charge is -2.08. The molecule has 0 aliphatic rings. The van der Waals surface area contributed by atoms with Crippen LogP contribution in [0.15, 0.2) is 29.2 Å². The molecule has 13 heavy (non-hydrogen) atoms. The van der Waals surface area contributed by atoms with Crippen LogP contribution >= 0.6 is 11.8 Å². The SMILES string of the molecule is CC(Sc1ccc(F)cc1)C(=N)N. The summed E-state index contributed by atoms with van der Waals surface area (Å²) in [6.45, 7) is 1.84. The van der Waals surface area contributed by atoms with Crippen molar-refractivity contribution < 1.29 is 4.39 Å². The zero-order chi connectivity index (χ0) is 9.84. The normalized spacial score (nSPS) is 12.5. The molecule has 0 aromatic heterocycles. The molecule has 1 aromatic carbocycles. The maximum absolute atomic E-state index is 12.5. The van der Waals surface area contributed by atoms with E-state index in [0.29, 0.717) is 0 Å². The van der Waals surface area contributed by atoms with Gasteiger partial charge in [0.25, 0.3) is 0 Å². The Kier molecular flexibility index (Phi) is 3.31. The molecule has 0 saturated carbocycles. The molecular formula is C9H11FN2S. The van der Waals surface area contributed by atoms with E-state index in [-0.39, 0.29) is 16.9 Å². The van der Waals surface area contributed by atoms with Crippen molar-refractivity contribution in [3.05, 3.63) is 30.1 Å². The van der Waals surface area contributed by atoms with Crippen LogP contribution in [0.2, 0.25) is 0 Å². The minimum absolute atomic E-state index is 0.0644. The van der Waals surface area contributed by atoms with Crippen molar-refractivity contribution in [3.63, 3.8) is 0 Å². The highest BCUT2D eigenvalue weighted by atomic mass is 32.2. The number of amidine groups is 1. The van der Waals surface area contributed by atoms with Gasteiger partial charge >= 0.3 is 0 Å². The van der Waals surface area contributed by atoms with E-state index in [9.17, 15) is 4.39 Å². The maximum atomic E-state index is 12.5. The maximum Gasteiger partial charge on any atom is 0.123 e. The third kappa shape index (κ3) is 3.06. The van der Waals surface area contributed by atoms with Gasteiger partial charge in [0.2, 0.25) is 0 Å². The van der Waals surface area contributed by atoms with Crippen LogP contribution in [0.3, 0.4) is 0 Å². The summed E-state index contributed by atoms with van der Waals surface area (Å²) in [5.74, 6) is -0.117. The van der Waals surface area contributed by atoms with E-state index in [1.54, 1.807) is 12.1 Å². The third-order valence-corrected chi connectivity index (χ3v) is 2.72. The predicted octanol–water partition coefficient (Wildman–Crippen LogP) is 2.24. The molecule has 0 heterocycles. The number of rotatable bonds is 3. The average molecular weight is 198 g/mol. The quantitative estimate of drug-likeness (QED) is 0.444. The first-order chi connectivity index (χ1) is 6.09. The monoisotopic (exact) mass is 198 g/mol. The number of benzene rings is 1. The van der Waals surface area contributed by atoms with Gasteiger partial charge in [0, 0.05) is 4.90 Å². The van der Waals surface area contributed by atoms with Crippen molar-refractivity contribution in [2.45, 2.75) is 17.1 Å². The fourth-order valence-corrected chi connectivity index (χ4v) is 1.61. The lowest BCUT2D eigenvalue weighted by molar-refractivity contribution is 0.626. The molecule has 1 rings (SSSR count). The lowest BCUT2D eigenvalue weighted by Crippen LogP contribution is -2.21. The van der Waals surface area contributed by atoms with Gasteiger partial charge in [-0.05, 0) is 31.2 Å². The third-order valence-electron chi connectivity index (χ3n) is 1.56.